The molecular formula is C25H27N3O5S. The van der Waals surface area contributed by atoms with Gasteiger partial charge in [-0.2, -0.15) is 0 Å². The van der Waals surface area contributed by atoms with Crippen LogP contribution in [0.1, 0.15) is 34.3 Å². The lowest BCUT2D eigenvalue weighted by Crippen LogP contribution is -2.32. The number of carbonyl (C=O) groups is 1. The van der Waals surface area contributed by atoms with Gasteiger partial charge in [-0.25, -0.2) is 18.1 Å². The fourth-order valence-corrected chi connectivity index (χ4v) is 4.62. The summed E-state index contributed by atoms with van der Waals surface area (Å²) in [5, 5.41) is 2.73. The molecule has 0 spiro atoms. The number of benzene rings is 2. The van der Waals surface area contributed by atoms with E-state index in [4.69, 9.17) is 9.47 Å². The Morgan fingerprint density at radius 3 is 2.68 bits per heavy atom. The van der Waals surface area contributed by atoms with Gasteiger partial charge < -0.3 is 14.8 Å². The molecule has 1 aliphatic heterocycles. The second-order valence-electron chi connectivity index (χ2n) is 8.20. The van der Waals surface area contributed by atoms with Crippen molar-refractivity contribution in [1.82, 2.24) is 9.71 Å². The first kappa shape index (κ1) is 23.9. The maximum atomic E-state index is 12.7. The third-order valence-electron chi connectivity index (χ3n) is 5.63. The number of rotatable bonds is 8. The second kappa shape index (κ2) is 10.3. The molecule has 178 valence electrons. The van der Waals surface area contributed by atoms with Gasteiger partial charge in [0, 0.05) is 24.8 Å². The Morgan fingerprint density at radius 1 is 1.12 bits per heavy atom. The van der Waals surface area contributed by atoms with E-state index < -0.39 is 15.9 Å². The molecule has 2 heterocycles. The van der Waals surface area contributed by atoms with E-state index in [1.54, 1.807) is 18.2 Å². The molecule has 9 heteroatoms. The number of nitrogens with zero attached hydrogens (tertiary/aromatic N) is 1. The van der Waals surface area contributed by atoms with Gasteiger partial charge >= 0.3 is 0 Å². The van der Waals surface area contributed by atoms with E-state index in [2.05, 4.69) is 15.0 Å². The van der Waals surface area contributed by atoms with Gasteiger partial charge in [-0.15, -0.1) is 0 Å². The van der Waals surface area contributed by atoms with Crippen molar-refractivity contribution in [1.29, 1.82) is 0 Å². The van der Waals surface area contributed by atoms with Crippen molar-refractivity contribution in [2.24, 2.45) is 0 Å². The molecule has 1 aliphatic rings. The van der Waals surface area contributed by atoms with Crippen LogP contribution in [0.4, 0.5) is 5.69 Å². The van der Waals surface area contributed by atoms with Crippen LogP contribution >= 0.6 is 0 Å². The van der Waals surface area contributed by atoms with E-state index >= 15 is 0 Å². The van der Waals surface area contributed by atoms with Crippen molar-refractivity contribution >= 4 is 21.6 Å². The van der Waals surface area contributed by atoms with Crippen LogP contribution in [0.15, 0.2) is 65.7 Å². The van der Waals surface area contributed by atoms with Gasteiger partial charge in [-0.3, -0.25) is 4.79 Å². The summed E-state index contributed by atoms with van der Waals surface area (Å²) in [5.41, 5.74) is 2.97. The molecule has 2 aromatic carbocycles. The van der Waals surface area contributed by atoms with E-state index in [-0.39, 0.29) is 23.1 Å². The third-order valence-corrected chi connectivity index (χ3v) is 7.05. The zero-order chi connectivity index (χ0) is 24.1. The lowest BCUT2D eigenvalue weighted by molar-refractivity contribution is 0.102. The number of nitrogens with one attached hydrogen (secondary N) is 2. The monoisotopic (exact) mass is 481 g/mol. The van der Waals surface area contributed by atoms with Crippen LogP contribution in [0, 0.1) is 13.8 Å². The van der Waals surface area contributed by atoms with Crippen molar-refractivity contribution in [3.05, 3.63) is 77.5 Å². The number of hydrogen-bond acceptors (Lipinski definition) is 6. The Morgan fingerprint density at radius 2 is 1.97 bits per heavy atom. The number of anilines is 1. The summed E-state index contributed by atoms with van der Waals surface area (Å²) >= 11 is 0. The Bertz CT molecular complexity index is 1270. The summed E-state index contributed by atoms with van der Waals surface area (Å²) in [4.78, 5) is 17.0. The van der Waals surface area contributed by atoms with Crippen molar-refractivity contribution in [3.63, 3.8) is 0 Å². The largest absolute Gasteiger partial charge is 0.439 e. The van der Waals surface area contributed by atoms with Gasteiger partial charge in [-0.1, -0.05) is 12.1 Å². The van der Waals surface area contributed by atoms with E-state index in [1.807, 2.05) is 32.0 Å². The summed E-state index contributed by atoms with van der Waals surface area (Å²) in [7, 11) is -3.76. The van der Waals surface area contributed by atoms with Crippen LogP contribution in [0.2, 0.25) is 0 Å². The maximum Gasteiger partial charge on any atom is 0.255 e. The lowest BCUT2D eigenvalue weighted by atomic mass is 10.1. The predicted octanol–water partition coefficient (Wildman–Crippen LogP) is 4.20. The fourth-order valence-electron chi connectivity index (χ4n) is 3.51. The first-order chi connectivity index (χ1) is 16.3. The highest BCUT2D eigenvalue weighted by Gasteiger charge is 2.21. The first-order valence-electron chi connectivity index (χ1n) is 11.0. The smallest absolute Gasteiger partial charge is 0.255 e. The van der Waals surface area contributed by atoms with Crippen molar-refractivity contribution in [2.45, 2.75) is 37.7 Å². The number of amides is 1. The zero-order valence-corrected chi connectivity index (χ0v) is 19.9. The number of ether oxygens (including phenoxy) is 2. The minimum Gasteiger partial charge on any atom is -0.439 e. The molecule has 34 heavy (non-hydrogen) atoms. The quantitative estimate of drug-likeness (QED) is 0.499. The summed E-state index contributed by atoms with van der Waals surface area (Å²) in [6.45, 7) is 4.90. The summed E-state index contributed by atoms with van der Waals surface area (Å²) in [5.74, 6) is 0.631. The molecule has 8 nitrogen and oxygen atoms in total. The van der Waals surface area contributed by atoms with Crippen LogP contribution < -0.4 is 14.8 Å². The summed E-state index contributed by atoms with van der Waals surface area (Å²) in [6, 6.07) is 15.0. The molecule has 1 saturated heterocycles. The number of hydrogen-bond donors (Lipinski definition) is 2. The Balaban J connectivity index is 1.39. The third kappa shape index (κ3) is 5.99. The zero-order valence-electron chi connectivity index (χ0n) is 19.1. The van der Waals surface area contributed by atoms with E-state index in [1.165, 1.54) is 30.0 Å². The van der Waals surface area contributed by atoms with Gasteiger partial charge in [0.15, 0.2) is 0 Å². The standard InChI is InChI=1S/C25H27N3O5S/c1-17-8-10-21(13-18(17)2)33-24-11-9-20(15-26-24)28-25(29)19-5-3-7-23(14-19)34(30,31)27-16-22-6-4-12-32-22/h3,5,7-11,13-15,22,27H,4,6,12,16H2,1-2H3,(H,28,29). The van der Waals surface area contributed by atoms with Crippen LogP contribution in [-0.4, -0.2) is 38.6 Å². The number of aromatic nitrogens is 1. The normalized spacial score (nSPS) is 15.8. The number of pyridine rings is 1. The minimum absolute atomic E-state index is 0.0217. The molecule has 1 fully saturated rings. The van der Waals surface area contributed by atoms with Crippen molar-refractivity contribution in [2.75, 3.05) is 18.5 Å². The van der Waals surface area contributed by atoms with E-state index in [0.29, 0.717) is 23.9 Å². The summed E-state index contributed by atoms with van der Waals surface area (Å²) < 4.78 is 39.0. The average Bonchev–Trinajstić information content (AvgIpc) is 3.35. The molecule has 2 N–H and O–H groups in total. The van der Waals surface area contributed by atoms with E-state index in [9.17, 15) is 13.2 Å². The molecule has 0 bridgehead atoms. The number of carbonyl (C=O) groups excluding carboxylic acids is 1. The highest BCUT2D eigenvalue weighted by atomic mass is 32.2. The highest BCUT2D eigenvalue weighted by molar-refractivity contribution is 7.89. The van der Waals surface area contributed by atoms with Crippen molar-refractivity contribution < 1.29 is 22.7 Å². The molecule has 1 atom stereocenters. The van der Waals surface area contributed by atoms with Gasteiger partial charge in [0.2, 0.25) is 15.9 Å². The molecule has 1 amide bonds. The van der Waals surface area contributed by atoms with E-state index in [0.717, 1.165) is 18.4 Å². The van der Waals surface area contributed by atoms with Gasteiger partial charge in [0.1, 0.15) is 5.75 Å². The average molecular weight is 482 g/mol. The molecule has 0 aliphatic carbocycles. The minimum atomic E-state index is -3.76. The molecule has 0 radical (unpaired) electrons. The molecule has 1 aromatic heterocycles. The van der Waals surface area contributed by atoms with Crippen LogP contribution in [0.25, 0.3) is 0 Å². The van der Waals surface area contributed by atoms with Gasteiger partial charge in [0.25, 0.3) is 5.91 Å². The Labute approximate surface area is 199 Å². The second-order valence-corrected chi connectivity index (χ2v) is 9.97. The van der Waals surface area contributed by atoms with Gasteiger partial charge in [0.05, 0.1) is 22.9 Å². The predicted molar refractivity (Wildman–Crippen MR) is 129 cm³/mol. The maximum absolute atomic E-state index is 12.7. The number of sulfonamides is 1. The molecule has 1 unspecified atom stereocenters. The van der Waals surface area contributed by atoms with Crippen LogP contribution in [0.3, 0.4) is 0 Å². The molecule has 4 rings (SSSR count). The molecule has 0 saturated carbocycles. The fraction of sp³-hybridized carbons (Fsp3) is 0.280. The Kier molecular flexibility index (Phi) is 7.26. The van der Waals surface area contributed by atoms with Crippen LogP contribution in [-0.2, 0) is 14.8 Å². The molecular weight excluding hydrogens is 454 g/mol. The topological polar surface area (TPSA) is 107 Å². The summed E-state index contributed by atoms with van der Waals surface area (Å²) in [6.07, 6.45) is 3.12. The number of aryl methyl sites for hydroxylation is 2. The van der Waals surface area contributed by atoms with Crippen LogP contribution in [0.5, 0.6) is 11.6 Å². The highest BCUT2D eigenvalue weighted by Crippen LogP contribution is 2.23. The SMILES string of the molecule is Cc1ccc(Oc2ccc(NC(=O)c3cccc(S(=O)(=O)NCC4CCCO4)c3)cn2)cc1C. The Hall–Kier alpha value is -3.27. The lowest BCUT2D eigenvalue weighted by Gasteiger charge is -2.12. The van der Waals surface area contributed by atoms with Crippen molar-refractivity contribution in [3.8, 4) is 11.6 Å². The molecule has 3 aromatic rings. The van der Waals surface area contributed by atoms with Gasteiger partial charge in [-0.05, 0) is 74.2 Å². The first-order valence-corrected chi connectivity index (χ1v) is 12.5.